The molecule has 6 heteroatoms. The zero-order chi connectivity index (χ0) is 13.2. The first-order valence-corrected chi connectivity index (χ1v) is 6.76. The lowest BCUT2D eigenvalue weighted by atomic mass is 10.2. The molecule has 0 atom stereocenters. The Labute approximate surface area is 117 Å². The summed E-state index contributed by atoms with van der Waals surface area (Å²) in [5.74, 6) is 0. The summed E-state index contributed by atoms with van der Waals surface area (Å²) < 4.78 is 1.28. The SMILES string of the molecule is O=c1cc(C=Cc2ccccc2Cl)nc2scnn12. The summed E-state index contributed by atoms with van der Waals surface area (Å²) in [6, 6.07) is 8.93. The van der Waals surface area contributed by atoms with Crippen molar-refractivity contribution in [1.29, 1.82) is 0 Å². The molecule has 0 bridgehead atoms. The molecule has 4 nitrogen and oxygen atoms in total. The maximum absolute atomic E-state index is 11.7. The molecule has 19 heavy (non-hydrogen) atoms. The molecule has 2 aromatic heterocycles. The first-order valence-electron chi connectivity index (χ1n) is 5.50. The number of fused-ring (bicyclic) bond motifs is 1. The lowest BCUT2D eigenvalue weighted by Crippen LogP contribution is -2.13. The average molecular weight is 290 g/mol. The summed E-state index contributed by atoms with van der Waals surface area (Å²) in [5, 5.41) is 4.57. The van der Waals surface area contributed by atoms with Crippen molar-refractivity contribution in [2.75, 3.05) is 0 Å². The summed E-state index contributed by atoms with van der Waals surface area (Å²) in [6.45, 7) is 0. The quantitative estimate of drug-likeness (QED) is 0.729. The highest BCUT2D eigenvalue weighted by Gasteiger charge is 2.02. The summed E-state index contributed by atoms with van der Waals surface area (Å²) >= 11 is 7.38. The Morgan fingerprint density at radius 2 is 2.11 bits per heavy atom. The molecule has 0 spiro atoms. The number of halogens is 1. The highest BCUT2D eigenvalue weighted by Crippen LogP contribution is 2.17. The number of benzene rings is 1. The van der Waals surface area contributed by atoms with Crippen molar-refractivity contribution in [1.82, 2.24) is 14.6 Å². The van der Waals surface area contributed by atoms with E-state index in [4.69, 9.17) is 11.6 Å². The minimum Gasteiger partial charge on any atom is -0.267 e. The van der Waals surface area contributed by atoms with Crippen LogP contribution in [0.3, 0.4) is 0 Å². The molecule has 0 saturated heterocycles. The molecule has 0 radical (unpaired) electrons. The summed E-state index contributed by atoms with van der Waals surface area (Å²) in [6.07, 6.45) is 3.60. The predicted molar refractivity (Wildman–Crippen MR) is 77.5 cm³/mol. The number of hydrogen-bond donors (Lipinski definition) is 0. The highest BCUT2D eigenvalue weighted by atomic mass is 35.5. The van der Waals surface area contributed by atoms with Gasteiger partial charge in [0.2, 0.25) is 4.96 Å². The standard InChI is InChI=1S/C13H8ClN3OS/c14-11-4-2-1-3-9(11)5-6-10-7-12(18)17-13(16-10)19-8-15-17/h1-8H. The fourth-order valence-corrected chi connectivity index (χ4v) is 2.47. The Kier molecular flexibility index (Phi) is 3.15. The van der Waals surface area contributed by atoms with Crippen LogP contribution in [0.1, 0.15) is 11.3 Å². The Morgan fingerprint density at radius 3 is 2.95 bits per heavy atom. The van der Waals surface area contributed by atoms with E-state index in [0.717, 1.165) is 5.56 Å². The van der Waals surface area contributed by atoms with E-state index in [1.807, 2.05) is 30.3 Å². The molecule has 3 aromatic rings. The van der Waals surface area contributed by atoms with Gasteiger partial charge in [-0.05, 0) is 17.7 Å². The molecular formula is C13H8ClN3OS. The Bertz CT molecular complexity index is 822. The zero-order valence-electron chi connectivity index (χ0n) is 9.65. The molecule has 0 amide bonds. The van der Waals surface area contributed by atoms with Gasteiger partial charge in [0.1, 0.15) is 5.51 Å². The molecule has 2 heterocycles. The Balaban J connectivity index is 2.02. The third-order valence-corrected chi connectivity index (χ3v) is 3.56. The third-order valence-electron chi connectivity index (χ3n) is 2.55. The lowest BCUT2D eigenvalue weighted by Gasteiger charge is -1.97. The Morgan fingerprint density at radius 1 is 1.26 bits per heavy atom. The van der Waals surface area contributed by atoms with Gasteiger partial charge in [0.05, 0.1) is 5.69 Å². The monoisotopic (exact) mass is 289 g/mol. The van der Waals surface area contributed by atoms with Crippen molar-refractivity contribution in [3.05, 3.63) is 62.5 Å². The number of rotatable bonds is 2. The molecule has 0 fully saturated rings. The number of hydrogen-bond acceptors (Lipinski definition) is 4. The molecule has 0 aliphatic rings. The maximum Gasteiger partial charge on any atom is 0.275 e. The van der Waals surface area contributed by atoms with E-state index >= 15 is 0 Å². The second-order valence-corrected chi connectivity index (χ2v) is 5.03. The van der Waals surface area contributed by atoms with Gasteiger partial charge in [-0.25, -0.2) is 4.98 Å². The van der Waals surface area contributed by atoms with Crippen molar-refractivity contribution in [3.8, 4) is 0 Å². The van der Waals surface area contributed by atoms with Crippen LogP contribution in [0.15, 0.2) is 40.6 Å². The van der Waals surface area contributed by atoms with Gasteiger partial charge in [0.15, 0.2) is 0 Å². The van der Waals surface area contributed by atoms with E-state index in [1.165, 1.54) is 21.9 Å². The van der Waals surface area contributed by atoms with Crippen molar-refractivity contribution < 1.29 is 0 Å². The fraction of sp³-hybridized carbons (Fsp3) is 0. The van der Waals surface area contributed by atoms with Crippen molar-refractivity contribution in [2.45, 2.75) is 0 Å². The second kappa shape index (κ2) is 4.95. The molecule has 0 saturated carbocycles. The van der Waals surface area contributed by atoms with Gasteiger partial charge in [-0.2, -0.15) is 9.61 Å². The average Bonchev–Trinajstić information content (AvgIpc) is 2.87. The van der Waals surface area contributed by atoms with Gasteiger partial charge in [-0.15, -0.1) is 0 Å². The molecule has 0 aliphatic carbocycles. The number of nitrogens with zero attached hydrogens (tertiary/aromatic N) is 3. The van der Waals surface area contributed by atoms with Gasteiger partial charge in [-0.1, -0.05) is 47.2 Å². The molecular weight excluding hydrogens is 282 g/mol. The fourth-order valence-electron chi connectivity index (χ4n) is 1.64. The van der Waals surface area contributed by atoms with Crippen LogP contribution >= 0.6 is 22.9 Å². The summed E-state index contributed by atoms with van der Waals surface area (Å²) in [4.78, 5) is 16.7. The van der Waals surface area contributed by atoms with Gasteiger partial charge in [-0.3, -0.25) is 4.79 Å². The smallest absolute Gasteiger partial charge is 0.267 e. The van der Waals surface area contributed by atoms with E-state index in [2.05, 4.69) is 10.1 Å². The zero-order valence-corrected chi connectivity index (χ0v) is 11.2. The number of aromatic nitrogens is 3. The molecule has 94 valence electrons. The van der Waals surface area contributed by atoms with E-state index < -0.39 is 0 Å². The van der Waals surface area contributed by atoms with E-state index in [0.29, 0.717) is 15.7 Å². The van der Waals surface area contributed by atoms with E-state index in [9.17, 15) is 4.79 Å². The van der Waals surface area contributed by atoms with Crippen LogP contribution in [-0.2, 0) is 0 Å². The molecule has 3 rings (SSSR count). The van der Waals surface area contributed by atoms with Gasteiger partial charge >= 0.3 is 0 Å². The minimum absolute atomic E-state index is 0.190. The summed E-state index contributed by atoms with van der Waals surface area (Å²) in [5.41, 5.74) is 2.88. The van der Waals surface area contributed by atoms with Crippen LogP contribution < -0.4 is 5.56 Å². The Hall–Kier alpha value is -1.98. The van der Waals surface area contributed by atoms with Crippen LogP contribution in [0.4, 0.5) is 0 Å². The predicted octanol–water partition coefficient (Wildman–Crippen LogP) is 2.97. The molecule has 0 N–H and O–H groups in total. The summed E-state index contributed by atoms with van der Waals surface area (Å²) in [7, 11) is 0. The highest BCUT2D eigenvalue weighted by molar-refractivity contribution is 7.14. The van der Waals surface area contributed by atoms with Crippen LogP contribution in [0.25, 0.3) is 17.1 Å². The largest absolute Gasteiger partial charge is 0.275 e. The van der Waals surface area contributed by atoms with E-state index in [1.54, 1.807) is 11.6 Å². The van der Waals surface area contributed by atoms with E-state index in [-0.39, 0.29) is 5.56 Å². The normalized spacial score (nSPS) is 11.4. The molecule has 1 aromatic carbocycles. The first kappa shape index (κ1) is 12.1. The molecule has 0 aliphatic heterocycles. The van der Waals surface area contributed by atoms with Crippen molar-refractivity contribution in [2.24, 2.45) is 0 Å². The van der Waals surface area contributed by atoms with Gasteiger partial charge < -0.3 is 0 Å². The minimum atomic E-state index is -0.190. The lowest BCUT2D eigenvalue weighted by molar-refractivity contribution is 0.897. The van der Waals surface area contributed by atoms with Crippen LogP contribution in [0, 0.1) is 0 Å². The van der Waals surface area contributed by atoms with Crippen LogP contribution in [0.5, 0.6) is 0 Å². The maximum atomic E-state index is 11.7. The van der Waals surface area contributed by atoms with Crippen LogP contribution in [-0.4, -0.2) is 14.6 Å². The van der Waals surface area contributed by atoms with Crippen molar-refractivity contribution in [3.63, 3.8) is 0 Å². The topological polar surface area (TPSA) is 47.3 Å². The van der Waals surface area contributed by atoms with Gasteiger partial charge in [0.25, 0.3) is 5.56 Å². The van der Waals surface area contributed by atoms with Crippen molar-refractivity contribution >= 4 is 40.1 Å². The third kappa shape index (κ3) is 2.43. The molecule has 0 unspecified atom stereocenters. The first-order chi connectivity index (χ1) is 9.24. The van der Waals surface area contributed by atoms with Crippen LogP contribution in [0.2, 0.25) is 5.02 Å². The second-order valence-electron chi connectivity index (χ2n) is 3.81. The van der Waals surface area contributed by atoms with Gasteiger partial charge in [0, 0.05) is 11.1 Å².